The zero-order chi connectivity index (χ0) is 11.4. The molecule has 0 fully saturated rings. The van der Waals surface area contributed by atoms with Crippen LogP contribution in [0.3, 0.4) is 0 Å². The largest absolute Gasteiger partial charge is 0.392 e. The molecule has 0 saturated carbocycles. The van der Waals surface area contributed by atoms with E-state index in [1.807, 2.05) is 6.07 Å². The molecule has 0 aliphatic rings. The van der Waals surface area contributed by atoms with E-state index in [0.29, 0.717) is 4.88 Å². The van der Waals surface area contributed by atoms with Crippen LogP contribution in [-0.2, 0) is 0 Å². The van der Waals surface area contributed by atoms with Gasteiger partial charge in [0.1, 0.15) is 12.2 Å². The van der Waals surface area contributed by atoms with Crippen molar-refractivity contribution < 1.29 is 9.50 Å². The van der Waals surface area contributed by atoms with Gasteiger partial charge in [0.25, 0.3) is 0 Å². The Bertz CT molecular complexity index is 496. The van der Waals surface area contributed by atoms with Gasteiger partial charge in [-0.3, -0.25) is 0 Å². The van der Waals surface area contributed by atoms with E-state index in [2.05, 4.69) is 9.97 Å². The fourth-order valence-electron chi connectivity index (χ4n) is 1.23. The lowest BCUT2D eigenvalue weighted by molar-refractivity contribution is 0.342. The molecule has 0 spiro atoms. The van der Waals surface area contributed by atoms with E-state index in [-0.39, 0.29) is 6.61 Å². The fraction of sp³-hybridized carbons (Fsp3) is 0.0909. The Morgan fingerprint density at radius 3 is 2.81 bits per heavy atom. The zero-order valence-corrected chi connectivity index (χ0v) is 9.12. The van der Waals surface area contributed by atoms with Gasteiger partial charge in [0.2, 0.25) is 0 Å². The van der Waals surface area contributed by atoms with Crippen LogP contribution in [-0.4, -0.2) is 21.7 Å². The summed E-state index contributed by atoms with van der Waals surface area (Å²) in [6, 6.07) is 3.48. The minimum absolute atomic E-state index is 0.298. The Morgan fingerprint density at radius 1 is 1.38 bits per heavy atom. The average Bonchev–Trinajstić information content (AvgIpc) is 2.80. The number of hydrogen-bond acceptors (Lipinski definition) is 4. The molecule has 0 radical (unpaired) electrons. The first-order chi connectivity index (χ1) is 7.81. The number of nitrogens with zero attached hydrogens (tertiary/aromatic N) is 2. The van der Waals surface area contributed by atoms with E-state index < -0.39 is 5.83 Å². The molecule has 82 valence electrons. The van der Waals surface area contributed by atoms with Crippen LogP contribution in [0.25, 0.3) is 16.3 Å². The normalized spacial score (nSPS) is 11.8. The van der Waals surface area contributed by atoms with Crippen LogP contribution in [0, 0.1) is 0 Å². The summed E-state index contributed by atoms with van der Waals surface area (Å²) in [4.78, 5) is 9.19. The zero-order valence-electron chi connectivity index (χ0n) is 8.30. The van der Waals surface area contributed by atoms with Gasteiger partial charge < -0.3 is 5.11 Å². The SMILES string of the molecule is OCC=C(F)c1ccc(-c2cncnc2)s1. The lowest BCUT2D eigenvalue weighted by Crippen LogP contribution is -1.77. The third-order valence-corrected chi connectivity index (χ3v) is 3.10. The minimum Gasteiger partial charge on any atom is -0.392 e. The molecular formula is C11H9FN2OS. The molecule has 2 heterocycles. The Balaban J connectivity index is 2.30. The van der Waals surface area contributed by atoms with Gasteiger partial charge in [-0.2, -0.15) is 0 Å². The quantitative estimate of drug-likeness (QED) is 0.890. The van der Waals surface area contributed by atoms with Crippen LogP contribution in [0.15, 0.2) is 36.9 Å². The molecule has 0 aromatic carbocycles. The summed E-state index contributed by atoms with van der Waals surface area (Å²) < 4.78 is 13.3. The van der Waals surface area contributed by atoms with E-state index in [0.717, 1.165) is 16.5 Å². The van der Waals surface area contributed by atoms with Crippen molar-refractivity contribution >= 4 is 17.2 Å². The molecule has 1 N–H and O–H groups in total. The summed E-state index contributed by atoms with van der Waals surface area (Å²) in [5.41, 5.74) is 0.857. The third kappa shape index (κ3) is 2.32. The van der Waals surface area contributed by atoms with Crippen LogP contribution in [0.5, 0.6) is 0 Å². The molecule has 5 heteroatoms. The molecule has 0 amide bonds. The predicted molar refractivity (Wildman–Crippen MR) is 61.5 cm³/mol. The highest BCUT2D eigenvalue weighted by molar-refractivity contribution is 7.16. The first-order valence-electron chi connectivity index (χ1n) is 4.63. The van der Waals surface area contributed by atoms with Gasteiger partial charge in [0.15, 0.2) is 0 Å². The second-order valence-corrected chi connectivity index (χ2v) is 4.11. The van der Waals surface area contributed by atoms with Gasteiger partial charge >= 0.3 is 0 Å². The van der Waals surface area contributed by atoms with E-state index in [1.165, 1.54) is 17.7 Å². The Hall–Kier alpha value is -1.59. The number of hydrogen-bond donors (Lipinski definition) is 1. The number of rotatable bonds is 3. The summed E-state index contributed by atoms with van der Waals surface area (Å²) in [5, 5.41) is 8.59. The standard InChI is InChI=1S/C11H9FN2OS/c12-9(3-4-15)11-2-1-10(16-11)8-5-13-7-14-6-8/h1-3,5-7,15H,4H2. The van der Waals surface area contributed by atoms with E-state index in [9.17, 15) is 4.39 Å². The van der Waals surface area contributed by atoms with E-state index in [4.69, 9.17) is 5.11 Å². The molecule has 0 atom stereocenters. The number of aliphatic hydroxyl groups is 1. The third-order valence-electron chi connectivity index (χ3n) is 1.96. The topological polar surface area (TPSA) is 46.0 Å². The van der Waals surface area contributed by atoms with Crippen molar-refractivity contribution in [1.29, 1.82) is 0 Å². The lowest BCUT2D eigenvalue weighted by atomic mass is 10.3. The summed E-state index contributed by atoms with van der Waals surface area (Å²) in [5.74, 6) is -0.407. The Kier molecular flexibility index (Phi) is 3.38. The number of halogens is 1. The van der Waals surface area contributed by atoms with Crippen LogP contribution in [0.4, 0.5) is 4.39 Å². The van der Waals surface area contributed by atoms with Crippen LogP contribution in [0.2, 0.25) is 0 Å². The molecule has 2 aromatic heterocycles. The minimum atomic E-state index is -0.407. The van der Waals surface area contributed by atoms with E-state index >= 15 is 0 Å². The van der Waals surface area contributed by atoms with Crippen LogP contribution in [0.1, 0.15) is 4.88 Å². The number of aliphatic hydroxyl groups excluding tert-OH is 1. The van der Waals surface area contributed by atoms with Crippen molar-refractivity contribution in [3.8, 4) is 10.4 Å². The molecule has 2 rings (SSSR count). The van der Waals surface area contributed by atoms with E-state index in [1.54, 1.807) is 18.5 Å². The molecule has 16 heavy (non-hydrogen) atoms. The smallest absolute Gasteiger partial charge is 0.138 e. The highest BCUT2D eigenvalue weighted by atomic mass is 32.1. The summed E-state index contributed by atoms with van der Waals surface area (Å²) in [6.07, 6.45) is 5.94. The maximum absolute atomic E-state index is 13.3. The number of aromatic nitrogens is 2. The fourth-order valence-corrected chi connectivity index (χ4v) is 2.14. The highest BCUT2D eigenvalue weighted by Crippen LogP contribution is 2.31. The molecule has 0 aliphatic heterocycles. The monoisotopic (exact) mass is 236 g/mol. The van der Waals surface area contributed by atoms with Gasteiger partial charge in [-0.05, 0) is 18.2 Å². The molecule has 3 nitrogen and oxygen atoms in total. The van der Waals surface area contributed by atoms with Crippen molar-refractivity contribution in [3.63, 3.8) is 0 Å². The van der Waals surface area contributed by atoms with Crippen LogP contribution < -0.4 is 0 Å². The summed E-state index contributed by atoms with van der Waals surface area (Å²) in [7, 11) is 0. The Morgan fingerprint density at radius 2 is 2.12 bits per heavy atom. The van der Waals surface area contributed by atoms with Crippen molar-refractivity contribution in [1.82, 2.24) is 9.97 Å². The maximum Gasteiger partial charge on any atom is 0.138 e. The number of thiophene rings is 1. The first kappa shape index (κ1) is 10.9. The lowest BCUT2D eigenvalue weighted by Gasteiger charge is -1.93. The maximum atomic E-state index is 13.3. The van der Waals surface area contributed by atoms with Gasteiger partial charge in [0, 0.05) is 22.8 Å². The van der Waals surface area contributed by atoms with Crippen molar-refractivity contribution in [2.75, 3.05) is 6.61 Å². The average molecular weight is 236 g/mol. The predicted octanol–water partition coefficient (Wildman–Crippen LogP) is 2.51. The first-order valence-corrected chi connectivity index (χ1v) is 5.45. The summed E-state index contributed by atoms with van der Waals surface area (Å²) >= 11 is 1.30. The second kappa shape index (κ2) is 4.96. The molecule has 0 unspecified atom stereocenters. The van der Waals surface area contributed by atoms with Crippen molar-refractivity contribution in [2.45, 2.75) is 0 Å². The Labute approximate surface area is 95.9 Å². The molecular weight excluding hydrogens is 227 g/mol. The van der Waals surface area contributed by atoms with Crippen molar-refractivity contribution in [2.24, 2.45) is 0 Å². The van der Waals surface area contributed by atoms with Gasteiger partial charge in [-0.15, -0.1) is 11.3 Å². The van der Waals surface area contributed by atoms with Gasteiger partial charge in [0.05, 0.1) is 11.5 Å². The summed E-state index contributed by atoms with van der Waals surface area (Å²) in [6.45, 7) is -0.298. The second-order valence-electron chi connectivity index (χ2n) is 3.03. The van der Waals surface area contributed by atoms with Crippen LogP contribution >= 0.6 is 11.3 Å². The molecule has 0 bridgehead atoms. The highest BCUT2D eigenvalue weighted by Gasteiger charge is 2.06. The van der Waals surface area contributed by atoms with Gasteiger partial charge in [-0.25, -0.2) is 14.4 Å². The van der Waals surface area contributed by atoms with Crippen molar-refractivity contribution in [3.05, 3.63) is 41.8 Å². The van der Waals surface area contributed by atoms with Gasteiger partial charge in [-0.1, -0.05) is 0 Å². The molecule has 0 saturated heterocycles. The molecule has 0 aliphatic carbocycles. The molecule has 2 aromatic rings.